The van der Waals surface area contributed by atoms with Gasteiger partial charge in [-0.25, -0.2) is 0 Å². The van der Waals surface area contributed by atoms with Crippen LogP contribution in [0.25, 0.3) is 0 Å². The Labute approximate surface area is 117 Å². The first-order valence-electron chi connectivity index (χ1n) is 7.08. The van der Waals surface area contributed by atoms with E-state index in [1.54, 1.807) is 18.2 Å². The number of nitrogens with one attached hydrogen (secondary N) is 1. The van der Waals surface area contributed by atoms with Crippen molar-refractivity contribution in [2.75, 3.05) is 0 Å². The number of rotatable bonds is 5. The van der Waals surface area contributed by atoms with Gasteiger partial charge in [-0.05, 0) is 43.9 Å². The molecule has 3 rings (SSSR count). The molecule has 2 bridgehead atoms. The lowest BCUT2D eigenvalue weighted by molar-refractivity contribution is -0.0499. The fourth-order valence-electron chi connectivity index (χ4n) is 3.19. The van der Waals surface area contributed by atoms with Crippen LogP contribution in [0.2, 0.25) is 0 Å². The second kappa shape index (κ2) is 5.66. The molecule has 110 valence electrons. The summed E-state index contributed by atoms with van der Waals surface area (Å²) in [5.41, 5.74) is 0.950. The molecule has 2 aliphatic rings. The van der Waals surface area contributed by atoms with E-state index in [9.17, 15) is 8.78 Å². The van der Waals surface area contributed by atoms with Crippen LogP contribution in [0.1, 0.15) is 37.8 Å². The van der Waals surface area contributed by atoms with Crippen LogP contribution in [0.3, 0.4) is 0 Å². The molecule has 0 radical (unpaired) electrons. The lowest BCUT2D eigenvalue weighted by Crippen LogP contribution is -2.38. The van der Waals surface area contributed by atoms with Gasteiger partial charge in [-0.2, -0.15) is 8.78 Å². The second-order valence-corrected chi connectivity index (χ2v) is 5.56. The van der Waals surface area contributed by atoms with E-state index in [2.05, 4.69) is 10.1 Å². The Morgan fingerprint density at radius 3 is 2.85 bits per heavy atom. The highest BCUT2D eigenvalue weighted by Gasteiger charge is 2.40. The van der Waals surface area contributed by atoms with E-state index >= 15 is 0 Å². The molecule has 0 amide bonds. The molecule has 4 atom stereocenters. The highest BCUT2D eigenvalue weighted by Crippen LogP contribution is 2.35. The minimum atomic E-state index is -2.78. The van der Waals surface area contributed by atoms with Crippen molar-refractivity contribution >= 4 is 0 Å². The third-order valence-electron chi connectivity index (χ3n) is 4.15. The summed E-state index contributed by atoms with van der Waals surface area (Å²) < 4.78 is 34.7. The third-order valence-corrected chi connectivity index (χ3v) is 4.15. The topological polar surface area (TPSA) is 30.5 Å². The van der Waals surface area contributed by atoms with Crippen molar-refractivity contribution in [1.82, 2.24) is 5.32 Å². The normalized spacial score (nSPS) is 29.9. The molecule has 20 heavy (non-hydrogen) atoms. The highest BCUT2D eigenvalue weighted by atomic mass is 19.3. The van der Waals surface area contributed by atoms with Crippen molar-refractivity contribution in [2.24, 2.45) is 0 Å². The van der Waals surface area contributed by atoms with E-state index in [1.165, 1.54) is 0 Å². The molecule has 5 heteroatoms. The smallest absolute Gasteiger partial charge is 0.387 e. The molecular weight excluding hydrogens is 264 g/mol. The summed E-state index contributed by atoms with van der Waals surface area (Å²) in [7, 11) is 0. The van der Waals surface area contributed by atoms with Gasteiger partial charge < -0.3 is 14.8 Å². The molecule has 2 heterocycles. The number of fused-ring (bicyclic) bond motifs is 2. The number of halogens is 2. The van der Waals surface area contributed by atoms with E-state index in [0.29, 0.717) is 18.2 Å². The standard InChI is InChI=1S/C15H19F2NO2/c1-9(18-13-8-12-5-6-14(13)19-12)10-3-2-4-11(7-10)20-15(16)17/h2-4,7,9,12-15,18H,5-6,8H2,1H3. The molecule has 2 fully saturated rings. The Bertz CT molecular complexity index is 469. The lowest BCUT2D eigenvalue weighted by atomic mass is 9.94. The van der Waals surface area contributed by atoms with E-state index in [-0.39, 0.29) is 11.8 Å². The van der Waals surface area contributed by atoms with Crippen molar-refractivity contribution in [2.45, 2.75) is 57.1 Å². The largest absolute Gasteiger partial charge is 0.435 e. The Hall–Kier alpha value is -1.20. The van der Waals surface area contributed by atoms with Gasteiger partial charge in [0, 0.05) is 12.1 Å². The number of alkyl halides is 2. The van der Waals surface area contributed by atoms with Gasteiger partial charge in [-0.15, -0.1) is 0 Å². The van der Waals surface area contributed by atoms with Gasteiger partial charge in [0.25, 0.3) is 0 Å². The van der Waals surface area contributed by atoms with Gasteiger partial charge in [0.2, 0.25) is 0 Å². The maximum Gasteiger partial charge on any atom is 0.387 e. The van der Waals surface area contributed by atoms with E-state index in [4.69, 9.17) is 4.74 Å². The van der Waals surface area contributed by atoms with Crippen molar-refractivity contribution < 1.29 is 18.3 Å². The monoisotopic (exact) mass is 283 g/mol. The fraction of sp³-hybridized carbons (Fsp3) is 0.600. The summed E-state index contributed by atoms with van der Waals surface area (Å²) in [6.45, 7) is -0.750. The first kappa shape index (κ1) is 13.8. The van der Waals surface area contributed by atoms with Gasteiger partial charge >= 0.3 is 6.61 Å². The van der Waals surface area contributed by atoms with Crippen molar-refractivity contribution in [3.05, 3.63) is 29.8 Å². The van der Waals surface area contributed by atoms with Crippen LogP contribution in [0.15, 0.2) is 24.3 Å². The van der Waals surface area contributed by atoms with Crippen LogP contribution in [0.5, 0.6) is 5.75 Å². The number of hydrogen-bond donors (Lipinski definition) is 1. The van der Waals surface area contributed by atoms with Gasteiger partial charge in [-0.1, -0.05) is 12.1 Å². The summed E-state index contributed by atoms with van der Waals surface area (Å²) >= 11 is 0. The third kappa shape index (κ3) is 2.94. The van der Waals surface area contributed by atoms with Gasteiger partial charge in [-0.3, -0.25) is 0 Å². The predicted octanol–water partition coefficient (Wildman–Crippen LogP) is 3.26. The average molecular weight is 283 g/mol. The first-order chi connectivity index (χ1) is 9.61. The van der Waals surface area contributed by atoms with Crippen molar-refractivity contribution in [3.8, 4) is 5.75 Å². The number of benzene rings is 1. The highest BCUT2D eigenvalue weighted by molar-refractivity contribution is 5.30. The molecule has 0 aromatic heterocycles. The molecule has 3 nitrogen and oxygen atoms in total. The zero-order valence-corrected chi connectivity index (χ0v) is 11.4. The molecule has 4 unspecified atom stereocenters. The molecule has 0 aliphatic carbocycles. The molecule has 0 saturated carbocycles. The predicted molar refractivity (Wildman–Crippen MR) is 70.9 cm³/mol. The zero-order chi connectivity index (χ0) is 14.1. The second-order valence-electron chi connectivity index (χ2n) is 5.56. The minimum absolute atomic E-state index is 0.0872. The summed E-state index contributed by atoms with van der Waals surface area (Å²) in [5.74, 6) is 0.204. The van der Waals surface area contributed by atoms with Gasteiger partial charge in [0.1, 0.15) is 5.75 Å². The first-order valence-corrected chi connectivity index (χ1v) is 7.08. The van der Waals surface area contributed by atoms with Crippen LogP contribution in [0.4, 0.5) is 8.78 Å². The molecule has 1 aromatic carbocycles. The molecule has 2 aliphatic heterocycles. The lowest BCUT2D eigenvalue weighted by Gasteiger charge is -2.25. The molecule has 1 aromatic rings. The Kier molecular flexibility index (Phi) is 3.89. The van der Waals surface area contributed by atoms with Gasteiger partial charge in [0.15, 0.2) is 0 Å². The molecule has 1 N–H and O–H groups in total. The van der Waals surface area contributed by atoms with Crippen LogP contribution < -0.4 is 10.1 Å². The van der Waals surface area contributed by atoms with E-state index in [1.807, 2.05) is 13.0 Å². The molecular formula is C15H19F2NO2. The van der Waals surface area contributed by atoms with Crippen molar-refractivity contribution in [1.29, 1.82) is 0 Å². The van der Waals surface area contributed by atoms with Crippen molar-refractivity contribution in [3.63, 3.8) is 0 Å². The Morgan fingerprint density at radius 1 is 1.35 bits per heavy atom. The van der Waals surface area contributed by atoms with Crippen LogP contribution in [-0.4, -0.2) is 24.9 Å². The summed E-state index contributed by atoms with van der Waals surface area (Å²) in [4.78, 5) is 0. The maximum absolute atomic E-state index is 12.2. The zero-order valence-electron chi connectivity index (χ0n) is 11.4. The number of hydrogen-bond acceptors (Lipinski definition) is 3. The number of ether oxygens (including phenoxy) is 2. The van der Waals surface area contributed by atoms with E-state index in [0.717, 1.165) is 24.8 Å². The Morgan fingerprint density at radius 2 is 2.20 bits per heavy atom. The fourth-order valence-corrected chi connectivity index (χ4v) is 3.19. The minimum Gasteiger partial charge on any atom is -0.435 e. The molecule has 0 spiro atoms. The van der Waals surface area contributed by atoms with Gasteiger partial charge in [0.05, 0.1) is 12.2 Å². The van der Waals surface area contributed by atoms with Crippen LogP contribution >= 0.6 is 0 Å². The quantitative estimate of drug-likeness (QED) is 0.899. The SMILES string of the molecule is CC(NC1CC2CCC1O2)c1cccc(OC(F)F)c1. The summed E-state index contributed by atoms with van der Waals surface area (Å²) in [6.07, 6.45) is 4.03. The van der Waals surface area contributed by atoms with E-state index < -0.39 is 6.61 Å². The molecule has 2 saturated heterocycles. The maximum atomic E-state index is 12.2. The Balaban J connectivity index is 1.63. The van der Waals surface area contributed by atoms with Crippen LogP contribution in [0, 0.1) is 0 Å². The summed E-state index contributed by atoms with van der Waals surface area (Å²) in [6, 6.07) is 7.32. The summed E-state index contributed by atoms with van der Waals surface area (Å²) in [5, 5.41) is 3.54. The average Bonchev–Trinajstić information content (AvgIpc) is 3.00. The van der Waals surface area contributed by atoms with Crippen LogP contribution in [-0.2, 0) is 4.74 Å².